The first-order chi connectivity index (χ1) is 17.2. The van der Waals surface area contributed by atoms with E-state index in [1.54, 1.807) is 24.3 Å². The van der Waals surface area contributed by atoms with Crippen LogP contribution in [0.5, 0.6) is 0 Å². The molecule has 0 fully saturated rings. The molecule has 0 unspecified atom stereocenters. The number of hydrogen-bond donors (Lipinski definition) is 2. The van der Waals surface area contributed by atoms with Crippen molar-refractivity contribution >= 4 is 28.3 Å². The Morgan fingerprint density at radius 1 is 0.917 bits per heavy atom. The predicted molar refractivity (Wildman–Crippen MR) is 140 cm³/mol. The first kappa shape index (κ1) is 25.2. The molecule has 0 aliphatic rings. The second-order valence-electron chi connectivity index (χ2n) is 9.45. The van der Waals surface area contributed by atoms with Gasteiger partial charge in [-0.15, -0.1) is 10.2 Å². The average molecular weight is 503 g/mol. The molecule has 0 saturated carbocycles. The third-order valence-electron chi connectivity index (χ3n) is 5.66. The van der Waals surface area contributed by atoms with Gasteiger partial charge in [0.25, 0.3) is 5.91 Å². The van der Waals surface area contributed by atoms with Crippen molar-refractivity contribution in [1.82, 2.24) is 15.5 Å². The number of aromatic nitrogens is 2. The monoisotopic (exact) mass is 502 g/mol. The lowest BCUT2D eigenvalue weighted by molar-refractivity contribution is -0.118. The molecule has 1 aromatic heterocycles. The third kappa shape index (κ3) is 6.40. The van der Waals surface area contributed by atoms with Crippen molar-refractivity contribution in [2.75, 3.05) is 5.32 Å². The van der Waals surface area contributed by atoms with Crippen molar-refractivity contribution in [2.24, 2.45) is 0 Å². The van der Waals surface area contributed by atoms with Gasteiger partial charge in [-0.25, -0.2) is 4.39 Å². The number of nitrogens with zero attached hydrogens (tertiary/aromatic N) is 2. The second kappa shape index (κ2) is 10.8. The molecule has 4 rings (SSSR count). The van der Waals surface area contributed by atoms with E-state index < -0.39 is 11.9 Å². The molecule has 0 bridgehead atoms. The van der Waals surface area contributed by atoms with Gasteiger partial charge in [0.15, 0.2) is 0 Å². The van der Waals surface area contributed by atoms with Crippen LogP contribution in [0.3, 0.4) is 0 Å². The van der Waals surface area contributed by atoms with E-state index in [0.29, 0.717) is 27.7 Å². The fourth-order valence-corrected chi connectivity index (χ4v) is 4.35. The molecule has 184 valence electrons. The lowest BCUT2D eigenvalue weighted by Crippen LogP contribution is -2.45. The third-order valence-corrected chi connectivity index (χ3v) is 6.55. The van der Waals surface area contributed by atoms with Gasteiger partial charge in [-0.1, -0.05) is 74.6 Å². The minimum atomic E-state index is -0.833. The van der Waals surface area contributed by atoms with Crippen LogP contribution in [0.1, 0.15) is 42.3 Å². The Hall–Kier alpha value is -3.91. The number of benzene rings is 3. The molecule has 1 atom stereocenters. The minimum absolute atomic E-state index is 0.0285. The summed E-state index contributed by atoms with van der Waals surface area (Å²) in [6.07, 6.45) is 0.308. The van der Waals surface area contributed by atoms with Crippen LogP contribution < -0.4 is 10.6 Å². The van der Waals surface area contributed by atoms with Crippen molar-refractivity contribution in [3.8, 4) is 10.6 Å². The van der Waals surface area contributed by atoms with E-state index in [1.165, 1.54) is 23.5 Å². The van der Waals surface area contributed by atoms with Crippen LogP contribution >= 0.6 is 11.3 Å². The summed E-state index contributed by atoms with van der Waals surface area (Å²) in [6.45, 7) is 6.33. The first-order valence-electron chi connectivity index (χ1n) is 11.5. The van der Waals surface area contributed by atoms with Gasteiger partial charge in [0.1, 0.15) is 16.9 Å². The van der Waals surface area contributed by atoms with E-state index >= 15 is 0 Å². The van der Waals surface area contributed by atoms with Crippen molar-refractivity contribution in [2.45, 2.75) is 38.6 Å². The number of carbonyl (C=O) groups is 2. The lowest BCUT2D eigenvalue weighted by Gasteiger charge is -2.20. The quantitative estimate of drug-likeness (QED) is 0.344. The largest absolute Gasteiger partial charge is 0.340 e. The molecule has 6 nitrogen and oxygen atoms in total. The Balaban J connectivity index is 1.50. The van der Waals surface area contributed by atoms with Crippen LogP contribution in [0.4, 0.5) is 9.52 Å². The van der Waals surface area contributed by atoms with E-state index in [2.05, 4.69) is 41.6 Å². The van der Waals surface area contributed by atoms with Gasteiger partial charge in [0, 0.05) is 17.5 Å². The summed E-state index contributed by atoms with van der Waals surface area (Å²) in [4.78, 5) is 26.3. The Morgan fingerprint density at radius 3 is 2.22 bits per heavy atom. The van der Waals surface area contributed by atoms with Crippen molar-refractivity contribution < 1.29 is 14.0 Å². The van der Waals surface area contributed by atoms with Gasteiger partial charge < -0.3 is 5.32 Å². The van der Waals surface area contributed by atoms with Crippen molar-refractivity contribution in [1.29, 1.82) is 0 Å². The standard InChI is InChI=1S/C28H27FN4O2S/c1-28(2,3)21-13-9-19(10-14-21)24(34)30-23(17-18-7-5-4-6-8-18)25(35)31-27-33-32-26(36-27)20-11-15-22(29)16-12-20/h4-16,23H,17H2,1-3H3,(H,30,34)(H,31,33,35)/t23-/m1/s1. The second-order valence-corrected chi connectivity index (χ2v) is 10.4. The molecule has 2 amide bonds. The molecule has 0 aliphatic heterocycles. The number of rotatable bonds is 7. The van der Waals surface area contributed by atoms with E-state index in [0.717, 1.165) is 11.1 Å². The van der Waals surface area contributed by atoms with E-state index in [-0.39, 0.29) is 17.1 Å². The summed E-state index contributed by atoms with van der Waals surface area (Å²) >= 11 is 1.17. The molecule has 1 heterocycles. The Bertz CT molecular complexity index is 1330. The maximum atomic E-state index is 13.2. The maximum Gasteiger partial charge on any atom is 0.251 e. The zero-order valence-electron chi connectivity index (χ0n) is 20.3. The maximum absolute atomic E-state index is 13.2. The van der Waals surface area contributed by atoms with Crippen molar-refractivity contribution in [3.05, 3.63) is 101 Å². The molecular weight excluding hydrogens is 475 g/mol. The first-order valence-corrected chi connectivity index (χ1v) is 12.4. The van der Waals surface area contributed by atoms with Gasteiger partial charge in [-0.3, -0.25) is 14.9 Å². The zero-order valence-corrected chi connectivity index (χ0v) is 21.1. The number of amides is 2. The van der Waals surface area contributed by atoms with E-state index in [1.807, 2.05) is 42.5 Å². The molecule has 3 aromatic carbocycles. The van der Waals surface area contributed by atoms with Gasteiger partial charge in [0.05, 0.1) is 0 Å². The fourth-order valence-electron chi connectivity index (χ4n) is 3.60. The summed E-state index contributed by atoms with van der Waals surface area (Å²) < 4.78 is 13.2. The number of anilines is 1. The van der Waals surface area contributed by atoms with Crippen LogP contribution in [0.15, 0.2) is 78.9 Å². The number of carbonyl (C=O) groups excluding carboxylic acids is 2. The highest BCUT2D eigenvalue weighted by molar-refractivity contribution is 7.18. The smallest absolute Gasteiger partial charge is 0.251 e. The number of halogens is 1. The van der Waals surface area contributed by atoms with Crippen LogP contribution in [-0.4, -0.2) is 28.1 Å². The van der Waals surface area contributed by atoms with Crippen LogP contribution in [0.25, 0.3) is 10.6 Å². The molecule has 0 aliphatic carbocycles. The van der Waals surface area contributed by atoms with Crippen LogP contribution in [-0.2, 0) is 16.6 Å². The highest BCUT2D eigenvalue weighted by atomic mass is 32.1. The van der Waals surface area contributed by atoms with Gasteiger partial charge in [-0.2, -0.15) is 0 Å². The molecule has 4 aromatic rings. The van der Waals surface area contributed by atoms with Crippen molar-refractivity contribution in [3.63, 3.8) is 0 Å². The van der Waals surface area contributed by atoms with E-state index in [4.69, 9.17) is 0 Å². The Kier molecular flexibility index (Phi) is 7.55. The minimum Gasteiger partial charge on any atom is -0.340 e. The molecule has 0 saturated heterocycles. The highest BCUT2D eigenvalue weighted by Crippen LogP contribution is 2.27. The molecule has 36 heavy (non-hydrogen) atoms. The highest BCUT2D eigenvalue weighted by Gasteiger charge is 2.24. The molecule has 8 heteroatoms. The summed E-state index contributed by atoms with van der Waals surface area (Å²) in [6, 6.07) is 21.9. The SMILES string of the molecule is CC(C)(C)c1ccc(C(=O)N[C@H](Cc2ccccc2)C(=O)Nc2nnc(-c3ccc(F)cc3)s2)cc1. The average Bonchev–Trinajstić information content (AvgIpc) is 3.32. The van der Waals surface area contributed by atoms with Gasteiger partial charge >= 0.3 is 0 Å². The van der Waals surface area contributed by atoms with E-state index in [9.17, 15) is 14.0 Å². The van der Waals surface area contributed by atoms with Gasteiger partial charge in [0.2, 0.25) is 11.0 Å². The number of hydrogen-bond acceptors (Lipinski definition) is 5. The van der Waals surface area contributed by atoms with Crippen LogP contribution in [0.2, 0.25) is 0 Å². The van der Waals surface area contributed by atoms with Gasteiger partial charge in [-0.05, 0) is 52.9 Å². The summed E-state index contributed by atoms with van der Waals surface area (Å²) in [5.74, 6) is -1.08. The number of nitrogens with one attached hydrogen (secondary N) is 2. The fraction of sp³-hybridized carbons (Fsp3) is 0.214. The zero-order chi connectivity index (χ0) is 25.7. The topological polar surface area (TPSA) is 84.0 Å². The predicted octanol–water partition coefficient (Wildman–Crippen LogP) is 5.62. The lowest BCUT2D eigenvalue weighted by atomic mass is 9.86. The molecule has 0 radical (unpaired) electrons. The molecular formula is C28H27FN4O2S. The summed E-state index contributed by atoms with van der Waals surface area (Å²) in [5.41, 5.74) is 3.17. The Morgan fingerprint density at radius 2 is 1.58 bits per heavy atom. The summed E-state index contributed by atoms with van der Waals surface area (Å²) in [5, 5.41) is 14.6. The normalized spacial score (nSPS) is 12.1. The Labute approximate surface area is 213 Å². The van der Waals surface area contributed by atoms with Crippen LogP contribution in [0, 0.1) is 5.82 Å². The summed E-state index contributed by atoms with van der Waals surface area (Å²) in [7, 11) is 0. The molecule has 0 spiro atoms. The molecule has 2 N–H and O–H groups in total.